The zero-order valence-electron chi connectivity index (χ0n) is 68.1. The lowest BCUT2D eigenvalue weighted by molar-refractivity contribution is -0.136. The van der Waals surface area contributed by atoms with Crippen LogP contribution in [-0.4, -0.2) is 223 Å². The predicted octanol–water partition coefficient (Wildman–Crippen LogP) is 9.99. The van der Waals surface area contributed by atoms with Gasteiger partial charge in [0.2, 0.25) is 47.7 Å². The van der Waals surface area contributed by atoms with Gasteiger partial charge in [-0.2, -0.15) is 0 Å². The maximum Gasteiger partial charge on any atom is 0.240 e. The largest absolute Gasteiger partial charge is 0.444 e. The van der Waals surface area contributed by atoms with Gasteiger partial charge in [-0.05, 0) is 217 Å². The summed E-state index contributed by atoms with van der Waals surface area (Å²) in [5.41, 5.74) is 4.53. The highest BCUT2D eigenvalue weighted by Crippen LogP contribution is 2.35. The first-order valence-corrected chi connectivity index (χ1v) is 41.2. The Bertz CT molecular complexity index is 3420. The number of nitrogens with zero attached hydrogens (tertiary/aromatic N) is 12. The molecule has 6 N–H and O–H groups in total. The molecule has 12 unspecified atom stereocenters. The Kier molecular flexibility index (Phi) is 35.2. The van der Waals surface area contributed by atoms with Crippen LogP contribution in [0.4, 0.5) is 0 Å². The van der Waals surface area contributed by atoms with E-state index in [2.05, 4.69) is 173 Å². The number of rotatable bonds is 18. The Hall–Kier alpha value is -6.92. The maximum atomic E-state index is 12.6. The number of likely N-dealkylation sites (N-methyl/N-ethyl adjacent to an activating group) is 6. The zero-order chi connectivity index (χ0) is 78.8. The monoisotopic (exact) mass is 1530 g/mol. The lowest BCUT2D eigenvalue weighted by Crippen LogP contribution is -2.48. The summed E-state index contributed by atoms with van der Waals surface area (Å²) in [4.78, 5) is 95.9. The second-order valence-corrected chi connectivity index (χ2v) is 33.8. The van der Waals surface area contributed by atoms with Crippen LogP contribution in [0, 0.1) is 24.7 Å². The van der Waals surface area contributed by atoms with E-state index in [1.54, 1.807) is 23.0 Å². The third kappa shape index (κ3) is 25.6. The van der Waals surface area contributed by atoms with Gasteiger partial charge in [0.25, 0.3) is 0 Å². The Morgan fingerprint density at radius 3 is 1.21 bits per heavy atom. The van der Waals surface area contributed by atoms with Crippen LogP contribution in [-0.2, 0) is 54.9 Å². The number of allylic oxidation sites excluding steroid dienone is 5. The van der Waals surface area contributed by atoms with E-state index in [4.69, 9.17) is 8.83 Å². The number of likely N-dealkylation sites (tertiary alicyclic amines) is 6. The minimum absolute atomic E-state index is 0.0102. The topological polar surface area (TPSA) is 298 Å². The third-order valence-electron chi connectivity index (χ3n) is 22.5. The molecule has 0 bridgehead atoms. The number of carbonyl (C=O) groups excluding carboxylic acids is 6. The molecule has 8 aliphatic rings. The van der Waals surface area contributed by atoms with Gasteiger partial charge in [-0.15, -0.1) is 43.1 Å². The van der Waals surface area contributed by atoms with E-state index < -0.39 is 0 Å². The Labute approximate surface area is 651 Å². The molecule has 0 aromatic carbocycles. The number of oxazole rings is 1. The molecule has 6 fully saturated rings. The highest BCUT2D eigenvalue weighted by atomic mass is 32.1. The van der Waals surface area contributed by atoms with Gasteiger partial charge < -0.3 is 70.1 Å². The van der Waals surface area contributed by atoms with Gasteiger partial charge in [0.1, 0.15) is 16.3 Å². The quantitative estimate of drug-likeness (QED) is 0.0540. The zero-order valence-corrected chi connectivity index (χ0v) is 69.8. The van der Waals surface area contributed by atoms with E-state index in [1.807, 2.05) is 86.8 Å². The molecule has 2 aliphatic carbocycles. The lowest BCUT2D eigenvalue weighted by atomic mass is 9.87. The molecule has 10 heterocycles. The average molecular weight is 1540 g/mol. The van der Waals surface area contributed by atoms with Crippen LogP contribution < -0.4 is 31.9 Å². The van der Waals surface area contributed by atoms with Crippen molar-refractivity contribution < 1.29 is 37.6 Å². The predicted molar refractivity (Wildman–Crippen MR) is 427 cm³/mol. The maximum absolute atomic E-state index is 12.6. The van der Waals surface area contributed by atoms with Crippen molar-refractivity contribution in [3.05, 3.63) is 104 Å². The minimum atomic E-state index is -0.0946. The lowest BCUT2D eigenvalue weighted by Gasteiger charge is -2.33. The van der Waals surface area contributed by atoms with Crippen molar-refractivity contribution in [3.8, 4) is 0 Å². The Morgan fingerprint density at radius 2 is 0.880 bits per heavy atom. The molecule has 26 nitrogen and oxygen atoms in total. The van der Waals surface area contributed by atoms with Gasteiger partial charge in [-0.1, -0.05) is 64.2 Å². The number of amides is 6. The molecular formula is C80H130N18O8S2. The summed E-state index contributed by atoms with van der Waals surface area (Å²) in [7, 11) is 11.2. The minimum Gasteiger partial charge on any atom is -0.444 e. The molecule has 108 heavy (non-hydrogen) atoms. The molecule has 0 spiro atoms. The van der Waals surface area contributed by atoms with E-state index >= 15 is 0 Å². The van der Waals surface area contributed by atoms with E-state index in [0.29, 0.717) is 56.1 Å². The number of carbonyl (C=O) groups is 6. The summed E-state index contributed by atoms with van der Waals surface area (Å²) in [6.07, 6.45) is 36.6. The van der Waals surface area contributed by atoms with Crippen LogP contribution in [0.5, 0.6) is 0 Å². The van der Waals surface area contributed by atoms with Gasteiger partial charge in [-0.3, -0.25) is 28.8 Å². The van der Waals surface area contributed by atoms with E-state index in [0.717, 1.165) is 144 Å². The Balaban J connectivity index is 0.000000181. The van der Waals surface area contributed by atoms with Crippen molar-refractivity contribution in [2.45, 2.75) is 297 Å². The summed E-state index contributed by atoms with van der Waals surface area (Å²) < 4.78 is 10.6. The fourth-order valence-electron chi connectivity index (χ4n) is 15.4. The molecule has 6 saturated heterocycles. The standard InChI is InChI=1S/2C16H26N2O.C13H21N3O2.C13H21N3OS.C11H18N4O2.C11H18N4OS/c1-12-7-5-9-14(17-4)15(19)18(12)11-13-8-6-10-16(13,2)3;1-12-6-5-7-14(17-4)15(19)18(12)11-13-8-9-16(2,3)10-13;2*1-9-5-4-6-12(14-3)13(17)16(9)8-11-7-15-10(2)18-11;2*1-8-4-3-5-9(12-2)11(16)15(8)6-10-14-13-7-17-10/h6,8,10,12,14,17H,5,7,9,11H2,1-4H3;8-10,12,14,17H,5-7,11H2,1-4H3;2*7,9,12,14H,4-6,8H2,1-3H3;2*7-9,12H,3-6H2,1-2H3. The van der Waals surface area contributed by atoms with Crippen LogP contribution in [0.3, 0.4) is 0 Å². The molecule has 28 heteroatoms. The van der Waals surface area contributed by atoms with Gasteiger partial charge >= 0.3 is 0 Å². The number of aromatic nitrogens is 6. The molecule has 4 aromatic rings. The van der Waals surface area contributed by atoms with Crippen molar-refractivity contribution in [3.63, 3.8) is 0 Å². The molecule has 12 atom stereocenters. The summed E-state index contributed by atoms with van der Waals surface area (Å²) >= 11 is 3.18. The van der Waals surface area contributed by atoms with Crippen molar-refractivity contribution in [1.82, 2.24) is 91.7 Å². The number of nitrogens with one attached hydrogen (secondary N) is 6. The van der Waals surface area contributed by atoms with E-state index in [-0.39, 0.29) is 101 Å². The third-order valence-corrected chi connectivity index (χ3v) is 24.1. The second kappa shape index (κ2) is 43.0. The van der Waals surface area contributed by atoms with E-state index in [9.17, 15) is 28.8 Å². The second-order valence-electron chi connectivity index (χ2n) is 31.5. The van der Waals surface area contributed by atoms with Crippen molar-refractivity contribution in [1.29, 1.82) is 0 Å². The number of hydrogen-bond donors (Lipinski definition) is 6. The Morgan fingerprint density at radius 1 is 0.472 bits per heavy atom. The van der Waals surface area contributed by atoms with Crippen LogP contribution in [0.1, 0.15) is 217 Å². The van der Waals surface area contributed by atoms with Crippen molar-refractivity contribution in [2.75, 3.05) is 55.4 Å². The smallest absolute Gasteiger partial charge is 0.240 e. The number of thiazole rings is 1. The normalized spacial score (nSPS) is 27.3. The van der Waals surface area contributed by atoms with Crippen LogP contribution >= 0.6 is 22.7 Å². The fraction of sp³-hybridized carbons (Fsp3) is 0.700. The number of hydrogen-bond acceptors (Lipinski definition) is 22. The first-order chi connectivity index (χ1) is 51.5. The summed E-state index contributed by atoms with van der Waals surface area (Å²) in [5.74, 6) is 3.10. The molecule has 0 radical (unpaired) electrons. The number of aryl methyl sites for hydroxylation is 2. The van der Waals surface area contributed by atoms with Crippen LogP contribution in [0.25, 0.3) is 0 Å². The fourth-order valence-corrected chi connectivity index (χ4v) is 16.7. The SMILES string of the molecule is CNC1CCCC(C)N(CC2=CC(C)(C)C=C2)C1=O.CNC1CCCC(C)N(CC2=CC=CC2(C)C)C1=O.CNC1CCCC(C)N(Cc2cnc(C)o2)C1=O.CNC1CCCC(C)N(Cc2cnc(C)s2)C1=O.CNC1CCCC(C)N(Cc2nnco2)C1=O.CNC1CCCC(C)N(Cc2nncs2)C1=O. The first-order valence-electron chi connectivity index (χ1n) is 39.5. The summed E-state index contributed by atoms with van der Waals surface area (Å²) in [6, 6.07) is 1.48. The molecule has 600 valence electrons. The van der Waals surface area contributed by atoms with E-state index in [1.165, 1.54) is 33.8 Å². The average Bonchev–Trinajstić information content (AvgIpc) is 1.68. The van der Waals surface area contributed by atoms with Crippen LogP contribution in [0.2, 0.25) is 0 Å². The molecule has 12 rings (SSSR count). The van der Waals surface area contributed by atoms with Crippen molar-refractivity contribution in [2.24, 2.45) is 10.8 Å². The van der Waals surface area contributed by atoms with Crippen LogP contribution in [0.15, 0.2) is 80.7 Å². The highest BCUT2D eigenvalue weighted by molar-refractivity contribution is 7.11. The first kappa shape index (κ1) is 88.3. The summed E-state index contributed by atoms with van der Waals surface area (Å²) in [5, 5.41) is 36.0. The molecule has 6 aliphatic heterocycles. The van der Waals surface area contributed by atoms with Gasteiger partial charge in [-0.25, -0.2) is 9.97 Å². The van der Waals surface area contributed by atoms with Gasteiger partial charge in [0.15, 0.2) is 5.89 Å². The highest BCUT2D eigenvalue weighted by Gasteiger charge is 2.38. The molecule has 0 saturated carbocycles. The van der Waals surface area contributed by atoms with Gasteiger partial charge in [0, 0.05) is 78.2 Å². The van der Waals surface area contributed by atoms with Crippen molar-refractivity contribution >= 4 is 58.1 Å². The molecular weight excluding hydrogens is 1410 g/mol. The molecule has 6 amide bonds. The molecule has 4 aromatic heterocycles. The van der Waals surface area contributed by atoms with Gasteiger partial charge in [0.05, 0.1) is 73.6 Å². The summed E-state index contributed by atoms with van der Waals surface area (Å²) in [6.45, 7) is 29.1.